The van der Waals surface area contributed by atoms with Crippen molar-refractivity contribution in [2.24, 2.45) is 0 Å². The Bertz CT molecular complexity index is 813. The summed E-state index contributed by atoms with van der Waals surface area (Å²) in [6.07, 6.45) is 5.16. The number of fused-ring (bicyclic) bond motifs is 1. The second-order valence-corrected chi connectivity index (χ2v) is 5.51. The first-order valence-electron chi connectivity index (χ1n) is 7.16. The second kappa shape index (κ2) is 5.98. The molecule has 0 saturated carbocycles. The lowest BCUT2D eigenvalue weighted by molar-refractivity contribution is 0.583. The number of hydrogen-bond acceptors (Lipinski definition) is 5. The van der Waals surface area contributed by atoms with Gasteiger partial charge in [-0.15, -0.1) is 0 Å². The number of aryl methyl sites for hydroxylation is 1. The molecule has 0 radical (unpaired) electrons. The smallest absolute Gasteiger partial charge is 0.193 e. The molecule has 7 heteroatoms. The van der Waals surface area contributed by atoms with Crippen molar-refractivity contribution >= 4 is 17.2 Å². The topological polar surface area (TPSA) is 68.0 Å². The molecule has 1 unspecified atom stereocenters. The lowest BCUT2D eigenvalue weighted by atomic mass is 10.1. The molecule has 0 fully saturated rings. The SMILES string of the molecule is CCNC(C)c1cc(-c2cn3ncnc3c(Cl)n2)c(C)cn1. The fourth-order valence-corrected chi connectivity index (χ4v) is 2.61. The summed E-state index contributed by atoms with van der Waals surface area (Å²) in [5.74, 6) is 0. The summed E-state index contributed by atoms with van der Waals surface area (Å²) >= 11 is 6.20. The highest BCUT2D eigenvalue weighted by Crippen LogP contribution is 2.26. The minimum absolute atomic E-state index is 0.176. The molecule has 3 aromatic rings. The predicted molar refractivity (Wildman–Crippen MR) is 85.9 cm³/mol. The van der Waals surface area contributed by atoms with E-state index in [9.17, 15) is 0 Å². The first kappa shape index (κ1) is 14.9. The Morgan fingerprint density at radius 1 is 1.36 bits per heavy atom. The van der Waals surface area contributed by atoms with E-state index >= 15 is 0 Å². The maximum atomic E-state index is 6.20. The van der Waals surface area contributed by atoms with Gasteiger partial charge >= 0.3 is 0 Å². The average molecular weight is 317 g/mol. The van der Waals surface area contributed by atoms with E-state index in [0.717, 1.165) is 29.1 Å². The van der Waals surface area contributed by atoms with Crippen molar-refractivity contribution in [2.75, 3.05) is 6.54 Å². The molecule has 0 aromatic carbocycles. The van der Waals surface area contributed by atoms with Crippen LogP contribution in [0.4, 0.5) is 0 Å². The molecule has 3 aromatic heterocycles. The van der Waals surface area contributed by atoms with E-state index in [2.05, 4.69) is 39.2 Å². The van der Waals surface area contributed by atoms with Crippen LogP contribution in [0.15, 0.2) is 24.8 Å². The van der Waals surface area contributed by atoms with Crippen molar-refractivity contribution in [1.29, 1.82) is 0 Å². The standard InChI is InChI=1S/C15H17ClN6/c1-4-17-10(3)12-5-11(9(2)6-18-12)13-7-22-15(14(16)21-13)19-8-20-22/h5-8,10,17H,4H2,1-3H3. The molecule has 3 rings (SSSR count). The van der Waals surface area contributed by atoms with E-state index in [1.165, 1.54) is 6.33 Å². The lowest BCUT2D eigenvalue weighted by Crippen LogP contribution is -2.18. The van der Waals surface area contributed by atoms with E-state index < -0.39 is 0 Å². The second-order valence-electron chi connectivity index (χ2n) is 5.15. The van der Waals surface area contributed by atoms with Gasteiger partial charge in [-0.05, 0) is 32.0 Å². The molecule has 114 valence electrons. The normalized spacial score (nSPS) is 12.7. The number of nitrogens with zero attached hydrogens (tertiary/aromatic N) is 5. The highest BCUT2D eigenvalue weighted by Gasteiger charge is 2.13. The van der Waals surface area contributed by atoms with Gasteiger partial charge in [0, 0.05) is 17.8 Å². The Morgan fingerprint density at radius 2 is 2.18 bits per heavy atom. The van der Waals surface area contributed by atoms with Gasteiger partial charge in [0.1, 0.15) is 6.33 Å². The van der Waals surface area contributed by atoms with Gasteiger partial charge in [0.25, 0.3) is 0 Å². The molecule has 0 aliphatic rings. The highest BCUT2D eigenvalue weighted by atomic mass is 35.5. The molecule has 0 aliphatic heterocycles. The molecule has 6 nitrogen and oxygen atoms in total. The summed E-state index contributed by atoms with van der Waals surface area (Å²) in [7, 11) is 0. The minimum Gasteiger partial charge on any atom is -0.309 e. The third kappa shape index (κ3) is 2.67. The zero-order chi connectivity index (χ0) is 15.7. The first-order valence-corrected chi connectivity index (χ1v) is 7.54. The molecule has 0 spiro atoms. The number of hydrogen-bond donors (Lipinski definition) is 1. The Morgan fingerprint density at radius 3 is 2.95 bits per heavy atom. The molecular formula is C15H17ClN6. The molecule has 22 heavy (non-hydrogen) atoms. The van der Waals surface area contributed by atoms with Crippen LogP contribution in [0.5, 0.6) is 0 Å². The van der Waals surface area contributed by atoms with E-state index in [-0.39, 0.29) is 6.04 Å². The number of rotatable bonds is 4. The maximum Gasteiger partial charge on any atom is 0.193 e. The summed E-state index contributed by atoms with van der Waals surface area (Å²) in [6.45, 7) is 7.06. The average Bonchev–Trinajstić information content (AvgIpc) is 2.97. The van der Waals surface area contributed by atoms with Gasteiger partial charge in [-0.25, -0.2) is 14.5 Å². The van der Waals surface area contributed by atoms with E-state index in [1.807, 2.05) is 25.4 Å². The third-order valence-corrected chi connectivity index (χ3v) is 3.83. The number of pyridine rings is 1. The van der Waals surface area contributed by atoms with Gasteiger partial charge in [-0.2, -0.15) is 5.10 Å². The molecule has 3 heterocycles. The van der Waals surface area contributed by atoms with Crippen LogP contribution >= 0.6 is 11.6 Å². The van der Waals surface area contributed by atoms with Crippen molar-refractivity contribution in [1.82, 2.24) is 29.9 Å². The van der Waals surface area contributed by atoms with Crippen LogP contribution < -0.4 is 5.32 Å². The Balaban J connectivity index is 2.10. The lowest BCUT2D eigenvalue weighted by Gasteiger charge is -2.14. The molecule has 0 bridgehead atoms. The Hall–Kier alpha value is -2.05. The molecule has 0 saturated heterocycles. The predicted octanol–water partition coefficient (Wildman–Crippen LogP) is 2.82. The first-order chi connectivity index (χ1) is 10.6. The van der Waals surface area contributed by atoms with Crippen molar-refractivity contribution in [3.05, 3.63) is 41.2 Å². The van der Waals surface area contributed by atoms with Crippen LogP contribution in [-0.2, 0) is 0 Å². The van der Waals surface area contributed by atoms with Gasteiger partial charge < -0.3 is 5.32 Å². The molecule has 1 atom stereocenters. The van der Waals surface area contributed by atoms with Crippen LogP contribution in [0, 0.1) is 6.92 Å². The van der Waals surface area contributed by atoms with Crippen molar-refractivity contribution < 1.29 is 0 Å². The zero-order valence-corrected chi connectivity index (χ0v) is 13.5. The summed E-state index contributed by atoms with van der Waals surface area (Å²) in [4.78, 5) is 13.0. The van der Waals surface area contributed by atoms with Crippen LogP contribution in [0.2, 0.25) is 5.15 Å². The molecule has 0 aliphatic carbocycles. The van der Waals surface area contributed by atoms with Crippen molar-refractivity contribution in [2.45, 2.75) is 26.8 Å². The third-order valence-electron chi connectivity index (χ3n) is 3.58. The summed E-state index contributed by atoms with van der Waals surface area (Å²) in [5, 5.41) is 7.84. The van der Waals surface area contributed by atoms with Crippen LogP contribution in [-0.4, -0.2) is 31.1 Å². The van der Waals surface area contributed by atoms with Crippen molar-refractivity contribution in [3.63, 3.8) is 0 Å². The Labute approximate surface area is 133 Å². The molecule has 1 N–H and O–H groups in total. The molecular weight excluding hydrogens is 300 g/mol. The van der Waals surface area contributed by atoms with Crippen LogP contribution in [0.3, 0.4) is 0 Å². The van der Waals surface area contributed by atoms with E-state index in [1.54, 1.807) is 4.52 Å². The number of nitrogens with one attached hydrogen (secondary N) is 1. The van der Waals surface area contributed by atoms with Gasteiger partial charge in [0.05, 0.1) is 17.6 Å². The molecule has 0 amide bonds. The number of halogens is 1. The fraction of sp³-hybridized carbons (Fsp3) is 0.333. The van der Waals surface area contributed by atoms with Crippen LogP contribution in [0.1, 0.15) is 31.1 Å². The van der Waals surface area contributed by atoms with E-state index in [0.29, 0.717) is 10.8 Å². The highest BCUT2D eigenvalue weighted by molar-refractivity contribution is 6.32. The van der Waals surface area contributed by atoms with Crippen LogP contribution in [0.25, 0.3) is 16.9 Å². The number of aromatic nitrogens is 5. The van der Waals surface area contributed by atoms with Gasteiger partial charge in [-0.1, -0.05) is 18.5 Å². The maximum absolute atomic E-state index is 6.20. The fourth-order valence-electron chi connectivity index (χ4n) is 2.39. The summed E-state index contributed by atoms with van der Waals surface area (Å²) < 4.78 is 1.64. The Kier molecular flexibility index (Phi) is 4.04. The van der Waals surface area contributed by atoms with Gasteiger partial charge in [-0.3, -0.25) is 4.98 Å². The summed E-state index contributed by atoms with van der Waals surface area (Å²) in [5.41, 5.74) is 4.31. The quantitative estimate of drug-likeness (QED) is 0.801. The zero-order valence-electron chi connectivity index (χ0n) is 12.7. The monoisotopic (exact) mass is 316 g/mol. The van der Waals surface area contributed by atoms with E-state index in [4.69, 9.17) is 11.6 Å². The van der Waals surface area contributed by atoms with Gasteiger partial charge in [0.15, 0.2) is 10.8 Å². The minimum atomic E-state index is 0.176. The largest absolute Gasteiger partial charge is 0.309 e. The van der Waals surface area contributed by atoms with Crippen molar-refractivity contribution in [3.8, 4) is 11.3 Å². The summed E-state index contributed by atoms with van der Waals surface area (Å²) in [6, 6.07) is 2.22. The van der Waals surface area contributed by atoms with Gasteiger partial charge in [0.2, 0.25) is 0 Å².